The summed E-state index contributed by atoms with van der Waals surface area (Å²) in [6, 6.07) is 4.41. The highest BCUT2D eigenvalue weighted by atomic mass is 16.3. The quantitative estimate of drug-likeness (QED) is 0.574. The molecule has 0 amide bonds. The van der Waals surface area contributed by atoms with E-state index in [0.29, 0.717) is 6.04 Å². The minimum atomic E-state index is 0.438. The van der Waals surface area contributed by atoms with E-state index in [1.807, 2.05) is 12.1 Å². The third-order valence-electron chi connectivity index (χ3n) is 3.65. The van der Waals surface area contributed by atoms with Crippen LogP contribution in [0, 0.1) is 5.92 Å². The van der Waals surface area contributed by atoms with E-state index in [9.17, 15) is 0 Å². The van der Waals surface area contributed by atoms with E-state index in [4.69, 9.17) is 10.3 Å². The molecule has 1 aliphatic rings. The van der Waals surface area contributed by atoms with Crippen LogP contribution in [0.25, 0.3) is 0 Å². The van der Waals surface area contributed by atoms with Gasteiger partial charge in [-0.3, -0.25) is 11.3 Å². The summed E-state index contributed by atoms with van der Waals surface area (Å²) in [5, 5.41) is 0. The predicted molar refractivity (Wildman–Crippen MR) is 64.7 cm³/mol. The van der Waals surface area contributed by atoms with Gasteiger partial charge >= 0.3 is 0 Å². The van der Waals surface area contributed by atoms with Gasteiger partial charge in [-0.1, -0.05) is 25.7 Å². The van der Waals surface area contributed by atoms with Gasteiger partial charge in [0.1, 0.15) is 5.76 Å². The molecule has 1 saturated carbocycles. The molecule has 0 aromatic carbocycles. The minimum absolute atomic E-state index is 0.438. The molecule has 1 aromatic rings. The Balaban J connectivity index is 1.72. The van der Waals surface area contributed by atoms with E-state index in [0.717, 1.165) is 24.5 Å². The van der Waals surface area contributed by atoms with Gasteiger partial charge in [-0.25, -0.2) is 0 Å². The molecule has 1 aromatic heterocycles. The summed E-state index contributed by atoms with van der Waals surface area (Å²) >= 11 is 0. The van der Waals surface area contributed by atoms with Gasteiger partial charge in [0, 0.05) is 12.5 Å². The number of hydrazine groups is 1. The van der Waals surface area contributed by atoms with E-state index in [1.165, 1.54) is 32.1 Å². The predicted octanol–water partition coefficient (Wildman–Crippen LogP) is 2.62. The van der Waals surface area contributed by atoms with Crippen molar-refractivity contribution in [2.24, 2.45) is 11.8 Å². The van der Waals surface area contributed by atoms with Crippen molar-refractivity contribution in [3.63, 3.8) is 0 Å². The zero-order valence-corrected chi connectivity index (χ0v) is 9.82. The van der Waals surface area contributed by atoms with Crippen LogP contribution in [0.15, 0.2) is 22.8 Å². The molecule has 1 heterocycles. The highest BCUT2D eigenvalue weighted by molar-refractivity contribution is 4.98. The summed E-state index contributed by atoms with van der Waals surface area (Å²) in [7, 11) is 0. The fourth-order valence-corrected chi connectivity index (χ4v) is 2.69. The maximum Gasteiger partial charge on any atom is 0.103 e. The van der Waals surface area contributed by atoms with Gasteiger partial charge in [0.2, 0.25) is 0 Å². The number of rotatable bonds is 6. The molecule has 0 spiro atoms. The minimum Gasteiger partial charge on any atom is -0.469 e. The Bertz CT molecular complexity index is 278. The molecular formula is C13H22N2O. The number of furan rings is 1. The maximum atomic E-state index is 5.61. The third kappa shape index (κ3) is 3.35. The van der Waals surface area contributed by atoms with Gasteiger partial charge in [-0.15, -0.1) is 0 Å². The van der Waals surface area contributed by atoms with Crippen molar-refractivity contribution in [2.45, 2.75) is 51.0 Å². The Hall–Kier alpha value is -0.800. The number of aryl methyl sites for hydroxylation is 1. The summed E-state index contributed by atoms with van der Waals surface area (Å²) < 4.78 is 5.33. The normalized spacial score (nSPS) is 19.1. The van der Waals surface area contributed by atoms with Crippen molar-refractivity contribution in [1.29, 1.82) is 0 Å². The fourth-order valence-electron chi connectivity index (χ4n) is 2.69. The van der Waals surface area contributed by atoms with Gasteiger partial charge in [0.15, 0.2) is 0 Å². The van der Waals surface area contributed by atoms with Gasteiger partial charge in [-0.05, 0) is 30.9 Å². The first-order valence-corrected chi connectivity index (χ1v) is 6.37. The Morgan fingerprint density at radius 3 is 2.88 bits per heavy atom. The Morgan fingerprint density at radius 1 is 1.44 bits per heavy atom. The highest BCUT2D eigenvalue weighted by Gasteiger charge is 2.19. The van der Waals surface area contributed by atoms with Crippen LogP contribution >= 0.6 is 0 Å². The number of hydrogen-bond acceptors (Lipinski definition) is 3. The summed E-state index contributed by atoms with van der Waals surface area (Å²) in [4.78, 5) is 0. The van der Waals surface area contributed by atoms with Crippen molar-refractivity contribution in [3.8, 4) is 0 Å². The molecule has 3 nitrogen and oxygen atoms in total. The molecule has 0 saturated heterocycles. The molecule has 1 atom stereocenters. The first kappa shape index (κ1) is 11.7. The van der Waals surface area contributed by atoms with Crippen molar-refractivity contribution in [1.82, 2.24) is 5.43 Å². The number of hydrogen-bond donors (Lipinski definition) is 2. The second-order valence-corrected chi connectivity index (χ2v) is 4.87. The average Bonchev–Trinajstić information content (AvgIpc) is 2.97. The van der Waals surface area contributed by atoms with E-state index in [2.05, 4.69) is 5.43 Å². The van der Waals surface area contributed by atoms with Crippen LogP contribution < -0.4 is 11.3 Å². The Morgan fingerprint density at radius 2 is 2.25 bits per heavy atom. The van der Waals surface area contributed by atoms with Gasteiger partial charge in [0.25, 0.3) is 0 Å². The molecule has 3 heteroatoms. The molecule has 0 radical (unpaired) electrons. The SMILES string of the molecule is NNC(CCc1ccco1)CC1CCCC1. The van der Waals surface area contributed by atoms with Crippen molar-refractivity contribution in [2.75, 3.05) is 0 Å². The van der Waals surface area contributed by atoms with Crippen molar-refractivity contribution in [3.05, 3.63) is 24.2 Å². The molecule has 1 aliphatic carbocycles. The van der Waals surface area contributed by atoms with Crippen LogP contribution in [-0.4, -0.2) is 6.04 Å². The third-order valence-corrected chi connectivity index (χ3v) is 3.65. The molecule has 16 heavy (non-hydrogen) atoms. The fraction of sp³-hybridized carbons (Fsp3) is 0.692. The van der Waals surface area contributed by atoms with Crippen LogP contribution in [0.1, 0.15) is 44.3 Å². The monoisotopic (exact) mass is 222 g/mol. The molecule has 2 rings (SSSR count). The van der Waals surface area contributed by atoms with E-state index >= 15 is 0 Å². The van der Waals surface area contributed by atoms with Crippen LogP contribution in [0.4, 0.5) is 0 Å². The van der Waals surface area contributed by atoms with Gasteiger partial charge in [-0.2, -0.15) is 0 Å². The Kier molecular flexibility index (Phi) is 4.43. The first-order valence-electron chi connectivity index (χ1n) is 6.37. The lowest BCUT2D eigenvalue weighted by atomic mass is 9.95. The molecular weight excluding hydrogens is 200 g/mol. The van der Waals surface area contributed by atoms with Crippen molar-refractivity contribution < 1.29 is 4.42 Å². The lowest BCUT2D eigenvalue weighted by molar-refractivity contribution is 0.366. The van der Waals surface area contributed by atoms with Crippen LogP contribution in [-0.2, 0) is 6.42 Å². The highest BCUT2D eigenvalue weighted by Crippen LogP contribution is 2.29. The first-order chi connectivity index (χ1) is 7.88. The van der Waals surface area contributed by atoms with Gasteiger partial charge < -0.3 is 4.42 Å². The standard InChI is InChI=1S/C13H22N2O/c14-15-12(10-11-4-1-2-5-11)7-8-13-6-3-9-16-13/h3,6,9,11-12,15H,1-2,4-5,7-8,10,14H2. The summed E-state index contributed by atoms with van der Waals surface area (Å²) in [6.07, 6.45) is 10.6. The largest absolute Gasteiger partial charge is 0.469 e. The van der Waals surface area contributed by atoms with Crippen LogP contribution in [0.5, 0.6) is 0 Å². The lowest BCUT2D eigenvalue weighted by Gasteiger charge is -2.19. The second kappa shape index (κ2) is 6.06. The number of nitrogens with one attached hydrogen (secondary N) is 1. The van der Waals surface area contributed by atoms with E-state index < -0.39 is 0 Å². The Labute approximate surface area is 97.4 Å². The number of nitrogens with two attached hydrogens (primary N) is 1. The summed E-state index contributed by atoms with van der Waals surface area (Å²) in [5.74, 6) is 7.56. The summed E-state index contributed by atoms with van der Waals surface area (Å²) in [6.45, 7) is 0. The lowest BCUT2D eigenvalue weighted by Crippen LogP contribution is -2.36. The molecule has 3 N–H and O–H groups in total. The molecule has 0 aliphatic heterocycles. The van der Waals surface area contributed by atoms with Crippen molar-refractivity contribution >= 4 is 0 Å². The van der Waals surface area contributed by atoms with Crippen LogP contribution in [0.2, 0.25) is 0 Å². The van der Waals surface area contributed by atoms with E-state index in [-0.39, 0.29) is 0 Å². The second-order valence-electron chi connectivity index (χ2n) is 4.87. The zero-order chi connectivity index (χ0) is 11.2. The zero-order valence-electron chi connectivity index (χ0n) is 9.82. The van der Waals surface area contributed by atoms with E-state index in [1.54, 1.807) is 6.26 Å². The smallest absolute Gasteiger partial charge is 0.103 e. The molecule has 90 valence electrons. The summed E-state index contributed by atoms with van der Waals surface area (Å²) in [5.41, 5.74) is 2.95. The maximum absolute atomic E-state index is 5.61. The molecule has 0 bridgehead atoms. The van der Waals surface area contributed by atoms with Crippen LogP contribution in [0.3, 0.4) is 0 Å². The van der Waals surface area contributed by atoms with Gasteiger partial charge in [0.05, 0.1) is 6.26 Å². The average molecular weight is 222 g/mol. The molecule has 1 unspecified atom stereocenters. The topological polar surface area (TPSA) is 51.2 Å². The molecule has 1 fully saturated rings.